The van der Waals surface area contributed by atoms with Crippen LogP contribution in [0.5, 0.6) is 0 Å². The van der Waals surface area contributed by atoms with Crippen molar-refractivity contribution in [1.82, 2.24) is 10.2 Å². The zero-order valence-electron chi connectivity index (χ0n) is 13.5. The van der Waals surface area contributed by atoms with Gasteiger partial charge in [0.2, 0.25) is 11.8 Å². The number of carbonyl (C=O) groups excluding carboxylic acids is 2. The van der Waals surface area contributed by atoms with Crippen molar-refractivity contribution >= 4 is 30.4 Å². The number of carboxylic acids is 1. The predicted octanol–water partition coefficient (Wildman–Crippen LogP) is 1.11. The lowest BCUT2D eigenvalue weighted by Gasteiger charge is -2.26. The summed E-state index contributed by atoms with van der Waals surface area (Å²) in [7, 11) is 0. The van der Waals surface area contributed by atoms with E-state index in [2.05, 4.69) is 17.9 Å². The van der Waals surface area contributed by atoms with E-state index in [1.54, 1.807) is 6.92 Å². The first-order valence-electron chi connectivity index (χ1n) is 7.95. The van der Waals surface area contributed by atoms with Gasteiger partial charge < -0.3 is 15.3 Å². The normalized spacial score (nSPS) is 19.6. The second-order valence-corrected chi connectivity index (χ2v) is 6.59. The third-order valence-corrected chi connectivity index (χ3v) is 4.54. The maximum absolute atomic E-state index is 12.4. The van der Waals surface area contributed by atoms with E-state index in [1.165, 1.54) is 4.90 Å². The molecule has 1 saturated heterocycles. The molecule has 2 N–H and O–H groups in total. The third-order valence-electron chi connectivity index (χ3n) is 4.12. The number of hydrogen-bond acceptors (Lipinski definition) is 4. The zero-order valence-corrected chi connectivity index (χ0v) is 14.4. The van der Waals surface area contributed by atoms with Crippen molar-refractivity contribution < 1.29 is 19.5 Å². The topological polar surface area (TPSA) is 86.7 Å². The third kappa shape index (κ3) is 4.50. The second kappa shape index (κ2) is 8.19. The molecule has 130 valence electrons. The molecule has 1 fully saturated rings. The second-order valence-electron chi connectivity index (χ2n) is 5.96. The molecule has 2 rings (SSSR count). The minimum atomic E-state index is -1.00. The van der Waals surface area contributed by atoms with Gasteiger partial charge in [0.15, 0.2) is 0 Å². The van der Waals surface area contributed by atoms with Crippen LogP contribution in [0.2, 0.25) is 0 Å². The van der Waals surface area contributed by atoms with Gasteiger partial charge in [-0.3, -0.25) is 9.59 Å². The Balaban J connectivity index is 1.90. The summed E-state index contributed by atoms with van der Waals surface area (Å²) in [4.78, 5) is 37.1. The maximum Gasteiger partial charge on any atom is 0.326 e. The van der Waals surface area contributed by atoms with Crippen LogP contribution in [-0.2, 0) is 20.8 Å². The molecule has 2 amide bonds. The summed E-state index contributed by atoms with van der Waals surface area (Å²) in [6, 6.07) is 7.92. The van der Waals surface area contributed by atoms with E-state index in [1.807, 2.05) is 30.3 Å². The minimum Gasteiger partial charge on any atom is -0.480 e. The number of rotatable bonds is 6. The summed E-state index contributed by atoms with van der Waals surface area (Å²) in [6.45, 7) is 1.98. The van der Waals surface area contributed by atoms with E-state index < -0.39 is 23.3 Å². The van der Waals surface area contributed by atoms with E-state index in [0.717, 1.165) is 5.56 Å². The Labute approximate surface area is 146 Å². The molecule has 0 spiro atoms. The fourth-order valence-electron chi connectivity index (χ4n) is 2.84. The zero-order chi connectivity index (χ0) is 17.7. The maximum atomic E-state index is 12.4. The van der Waals surface area contributed by atoms with Gasteiger partial charge in [0.25, 0.3) is 0 Å². The largest absolute Gasteiger partial charge is 0.480 e. The van der Waals surface area contributed by atoms with Crippen LogP contribution in [0, 0.1) is 0 Å². The van der Waals surface area contributed by atoms with Gasteiger partial charge in [0.1, 0.15) is 12.1 Å². The van der Waals surface area contributed by atoms with Gasteiger partial charge in [-0.05, 0) is 31.7 Å². The molecule has 0 bridgehead atoms. The molecular weight excluding hydrogens is 328 g/mol. The van der Waals surface area contributed by atoms with Crippen LogP contribution in [0.3, 0.4) is 0 Å². The highest BCUT2D eigenvalue weighted by atomic mass is 32.1. The number of amides is 2. The lowest BCUT2D eigenvalue weighted by Crippen LogP contribution is -2.51. The molecule has 1 aromatic carbocycles. The van der Waals surface area contributed by atoms with Gasteiger partial charge in [0.05, 0.1) is 5.25 Å². The Morgan fingerprint density at radius 2 is 2.00 bits per heavy atom. The van der Waals surface area contributed by atoms with Crippen LogP contribution in [0.1, 0.15) is 25.3 Å². The molecule has 0 aromatic heterocycles. The Morgan fingerprint density at radius 1 is 1.33 bits per heavy atom. The number of nitrogens with zero attached hydrogens (tertiary/aromatic N) is 1. The lowest BCUT2D eigenvalue weighted by atomic mass is 10.1. The predicted molar refractivity (Wildman–Crippen MR) is 92.9 cm³/mol. The summed E-state index contributed by atoms with van der Waals surface area (Å²) in [5.74, 6) is -1.71. The number of thiol groups is 1. The van der Waals surface area contributed by atoms with Crippen LogP contribution in [0.4, 0.5) is 0 Å². The highest BCUT2D eigenvalue weighted by Gasteiger charge is 2.36. The molecule has 1 aliphatic rings. The molecule has 1 aromatic rings. The smallest absolute Gasteiger partial charge is 0.326 e. The van der Waals surface area contributed by atoms with Crippen LogP contribution in [-0.4, -0.2) is 51.7 Å². The molecule has 24 heavy (non-hydrogen) atoms. The van der Waals surface area contributed by atoms with Crippen LogP contribution in [0.15, 0.2) is 30.3 Å². The van der Waals surface area contributed by atoms with E-state index in [-0.39, 0.29) is 11.8 Å². The van der Waals surface area contributed by atoms with E-state index in [4.69, 9.17) is 5.11 Å². The summed E-state index contributed by atoms with van der Waals surface area (Å²) < 4.78 is 0. The van der Waals surface area contributed by atoms with Crippen molar-refractivity contribution in [1.29, 1.82) is 0 Å². The van der Waals surface area contributed by atoms with Crippen molar-refractivity contribution in [3.05, 3.63) is 35.9 Å². The molecule has 1 unspecified atom stereocenters. The number of likely N-dealkylation sites (tertiary alicyclic amines) is 1. The first-order valence-corrected chi connectivity index (χ1v) is 8.47. The SMILES string of the molecule is C[C@H](NC(=O)[C@H](S)Cc1ccccc1)C(=O)N1CCCC1C(=O)O. The molecule has 0 aliphatic carbocycles. The number of carboxylic acid groups (broad SMARTS) is 1. The molecule has 0 radical (unpaired) electrons. The molecule has 0 saturated carbocycles. The summed E-state index contributed by atoms with van der Waals surface area (Å²) >= 11 is 4.31. The Morgan fingerprint density at radius 3 is 2.62 bits per heavy atom. The molecule has 1 heterocycles. The fraction of sp³-hybridized carbons (Fsp3) is 0.471. The summed E-state index contributed by atoms with van der Waals surface area (Å²) in [6.07, 6.45) is 1.57. The average molecular weight is 350 g/mol. The Hall–Kier alpha value is -2.02. The van der Waals surface area contributed by atoms with Crippen molar-refractivity contribution in [2.75, 3.05) is 6.54 Å². The van der Waals surface area contributed by atoms with Gasteiger partial charge in [-0.2, -0.15) is 12.6 Å². The molecular formula is C17H22N2O4S. The average Bonchev–Trinajstić information content (AvgIpc) is 3.04. The first kappa shape index (κ1) is 18.3. The van der Waals surface area contributed by atoms with Gasteiger partial charge in [-0.15, -0.1) is 0 Å². The highest BCUT2D eigenvalue weighted by Crippen LogP contribution is 2.18. The van der Waals surface area contributed by atoms with Crippen molar-refractivity contribution in [2.45, 2.75) is 43.5 Å². The first-order chi connectivity index (χ1) is 11.4. The van der Waals surface area contributed by atoms with Crippen LogP contribution in [0.25, 0.3) is 0 Å². The quantitative estimate of drug-likeness (QED) is 0.671. The Kier molecular flexibility index (Phi) is 6.25. The number of benzene rings is 1. The molecule has 6 nitrogen and oxygen atoms in total. The summed E-state index contributed by atoms with van der Waals surface area (Å²) in [5, 5.41) is 11.2. The van der Waals surface area contributed by atoms with Crippen LogP contribution >= 0.6 is 12.6 Å². The highest BCUT2D eigenvalue weighted by molar-refractivity contribution is 7.81. The van der Waals surface area contributed by atoms with Crippen LogP contribution < -0.4 is 5.32 Å². The Bertz CT molecular complexity index is 608. The van der Waals surface area contributed by atoms with Gasteiger partial charge in [-0.25, -0.2) is 4.79 Å². The number of nitrogens with one attached hydrogen (secondary N) is 1. The molecule has 1 aliphatic heterocycles. The van der Waals surface area contributed by atoms with E-state index in [0.29, 0.717) is 25.8 Å². The van der Waals surface area contributed by atoms with E-state index in [9.17, 15) is 14.4 Å². The van der Waals surface area contributed by atoms with Crippen molar-refractivity contribution in [3.63, 3.8) is 0 Å². The van der Waals surface area contributed by atoms with Gasteiger partial charge in [0, 0.05) is 6.54 Å². The number of hydrogen-bond donors (Lipinski definition) is 3. The minimum absolute atomic E-state index is 0.339. The fourth-order valence-corrected chi connectivity index (χ4v) is 3.12. The van der Waals surface area contributed by atoms with Gasteiger partial charge >= 0.3 is 5.97 Å². The standard InChI is InChI=1S/C17H22N2O4S/c1-11(16(21)19-9-5-8-13(19)17(22)23)18-15(20)14(24)10-12-6-3-2-4-7-12/h2-4,6-7,11,13-14,24H,5,8-10H2,1H3,(H,18,20)(H,22,23)/t11-,13?,14+/m0/s1. The number of carbonyl (C=O) groups is 3. The number of aliphatic carboxylic acids is 1. The van der Waals surface area contributed by atoms with Crippen molar-refractivity contribution in [3.8, 4) is 0 Å². The monoisotopic (exact) mass is 350 g/mol. The van der Waals surface area contributed by atoms with Gasteiger partial charge in [-0.1, -0.05) is 30.3 Å². The van der Waals surface area contributed by atoms with Crippen molar-refractivity contribution in [2.24, 2.45) is 0 Å². The molecule has 7 heteroatoms. The van der Waals surface area contributed by atoms with E-state index >= 15 is 0 Å². The lowest BCUT2D eigenvalue weighted by molar-refractivity contribution is -0.149. The molecule has 3 atom stereocenters. The summed E-state index contributed by atoms with van der Waals surface area (Å²) in [5.41, 5.74) is 0.983.